The number of benzene rings is 1. The van der Waals surface area contributed by atoms with Crippen molar-refractivity contribution < 1.29 is 14.7 Å². The first-order chi connectivity index (χ1) is 12.5. The van der Waals surface area contributed by atoms with Crippen LogP contribution in [0.4, 0.5) is 0 Å². The number of aliphatic hydroxyl groups is 1. The number of rotatable bonds is 3. The molecule has 0 aliphatic carbocycles. The SMILES string of the molecule is CN1CC(c2cccc(-n3nc(C(N)=O)c4cccnc43)c2)C(O)C1=O. The lowest BCUT2D eigenvalue weighted by Crippen LogP contribution is -2.25. The van der Waals surface area contributed by atoms with Crippen LogP contribution in [0.2, 0.25) is 0 Å². The van der Waals surface area contributed by atoms with E-state index in [1.54, 1.807) is 30.1 Å². The molecule has 1 fully saturated rings. The number of fused-ring (bicyclic) bond motifs is 1. The smallest absolute Gasteiger partial charge is 0.269 e. The largest absolute Gasteiger partial charge is 0.383 e. The molecule has 132 valence electrons. The van der Waals surface area contributed by atoms with E-state index in [1.165, 1.54) is 4.90 Å². The lowest BCUT2D eigenvalue weighted by Gasteiger charge is -2.14. The second-order valence-corrected chi connectivity index (χ2v) is 6.36. The van der Waals surface area contributed by atoms with E-state index in [0.29, 0.717) is 23.3 Å². The van der Waals surface area contributed by atoms with Crippen molar-refractivity contribution in [2.45, 2.75) is 12.0 Å². The van der Waals surface area contributed by atoms with Gasteiger partial charge < -0.3 is 15.7 Å². The summed E-state index contributed by atoms with van der Waals surface area (Å²) in [6.07, 6.45) is 0.549. The van der Waals surface area contributed by atoms with E-state index in [4.69, 9.17) is 5.73 Å². The van der Waals surface area contributed by atoms with Gasteiger partial charge in [0.2, 0.25) is 0 Å². The summed E-state index contributed by atoms with van der Waals surface area (Å²) < 4.78 is 1.55. The highest BCUT2D eigenvalue weighted by Crippen LogP contribution is 2.29. The number of amides is 2. The number of carbonyl (C=O) groups excluding carboxylic acids is 2. The van der Waals surface area contributed by atoms with E-state index < -0.39 is 12.0 Å². The Bertz CT molecular complexity index is 1030. The Balaban J connectivity index is 1.82. The van der Waals surface area contributed by atoms with Gasteiger partial charge in [-0.05, 0) is 29.8 Å². The Labute approximate surface area is 148 Å². The number of nitrogens with zero attached hydrogens (tertiary/aromatic N) is 4. The predicted molar refractivity (Wildman–Crippen MR) is 93.8 cm³/mol. The summed E-state index contributed by atoms with van der Waals surface area (Å²) in [6.45, 7) is 0.439. The van der Waals surface area contributed by atoms with Crippen LogP contribution in [0.15, 0.2) is 42.6 Å². The highest BCUT2D eigenvalue weighted by atomic mass is 16.3. The second-order valence-electron chi connectivity index (χ2n) is 6.36. The van der Waals surface area contributed by atoms with Gasteiger partial charge in [0.05, 0.1) is 11.1 Å². The quantitative estimate of drug-likeness (QED) is 0.710. The molecule has 3 N–H and O–H groups in total. The molecule has 2 aromatic heterocycles. The lowest BCUT2D eigenvalue weighted by atomic mass is 9.95. The van der Waals surface area contributed by atoms with Crippen LogP contribution in [0.1, 0.15) is 22.0 Å². The summed E-state index contributed by atoms with van der Waals surface area (Å²) in [5, 5.41) is 15.1. The first-order valence-electron chi connectivity index (χ1n) is 8.14. The van der Waals surface area contributed by atoms with Crippen LogP contribution in [0.25, 0.3) is 16.7 Å². The molecular formula is C18H17N5O3. The average Bonchev–Trinajstić information content (AvgIpc) is 3.15. The van der Waals surface area contributed by atoms with Gasteiger partial charge in [0.25, 0.3) is 11.8 Å². The Morgan fingerprint density at radius 1 is 1.31 bits per heavy atom. The lowest BCUT2D eigenvalue weighted by molar-refractivity contribution is -0.133. The molecule has 4 rings (SSSR count). The van der Waals surface area contributed by atoms with E-state index in [-0.39, 0.29) is 17.5 Å². The van der Waals surface area contributed by atoms with Crippen molar-refractivity contribution in [2.75, 3.05) is 13.6 Å². The van der Waals surface area contributed by atoms with Crippen molar-refractivity contribution in [2.24, 2.45) is 5.73 Å². The van der Waals surface area contributed by atoms with Crippen LogP contribution in [0.3, 0.4) is 0 Å². The molecule has 2 amide bonds. The molecule has 8 nitrogen and oxygen atoms in total. The number of carbonyl (C=O) groups is 2. The molecule has 1 aliphatic rings. The van der Waals surface area contributed by atoms with Gasteiger partial charge >= 0.3 is 0 Å². The number of nitrogens with two attached hydrogens (primary N) is 1. The fourth-order valence-corrected chi connectivity index (χ4v) is 3.37. The molecule has 26 heavy (non-hydrogen) atoms. The molecule has 0 saturated carbocycles. The second kappa shape index (κ2) is 5.92. The van der Waals surface area contributed by atoms with E-state index >= 15 is 0 Å². The van der Waals surface area contributed by atoms with Gasteiger partial charge in [-0.25, -0.2) is 9.67 Å². The molecule has 0 bridgehead atoms. The van der Waals surface area contributed by atoms with Gasteiger partial charge in [-0.3, -0.25) is 9.59 Å². The monoisotopic (exact) mass is 351 g/mol. The minimum Gasteiger partial charge on any atom is -0.383 e. The van der Waals surface area contributed by atoms with Crippen LogP contribution in [0, 0.1) is 0 Å². The van der Waals surface area contributed by atoms with Gasteiger partial charge in [-0.2, -0.15) is 5.10 Å². The molecule has 2 atom stereocenters. The molecule has 0 radical (unpaired) electrons. The molecule has 3 heterocycles. The normalized spacial score (nSPS) is 20.1. The van der Waals surface area contributed by atoms with E-state index in [2.05, 4.69) is 10.1 Å². The average molecular weight is 351 g/mol. The molecule has 1 saturated heterocycles. The van der Waals surface area contributed by atoms with E-state index in [9.17, 15) is 14.7 Å². The molecule has 1 aliphatic heterocycles. The zero-order valence-corrected chi connectivity index (χ0v) is 14.0. The number of hydrogen-bond acceptors (Lipinski definition) is 5. The van der Waals surface area contributed by atoms with E-state index in [1.807, 2.05) is 24.3 Å². The predicted octanol–water partition coefficient (Wildman–Crippen LogP) is 0.436. The zero-order chi connectivity index (χ0) is 18.4. The minimum absolute atomic E-state index is 0.148. The molecular weight excluding hydrogens is 334 g/mol. The highest BCUT2D eigenvalue weighted by Gasteiger charge is 2.38. The summed E-state index contributed by atoms with van der Waals surface area (Å²) in [6, 6.07) is 10.8. The summed E-state index contributed by atoms with van der Waals surface area (Å²) in [5.41, 5.74) is 7.58. The maximum Gasteiger partial charge on any atom is 0.269 e. The Hall–Kier alpha value is -3.26. The van der Waals surface area contributed by atoms with Crippen LogP contribution < -0.4 is 5.73 Å². The first-order valence-corrected chi connectivity index (χ1v) is 8.14. The summed E-state index contributed by atoms with van der Waals surface area (Å²) in [5.74, 6) is -1.24. The van der Waals surface area contributed by atoms with E-state index in [0.717, 1.165) is 5.56 Å². The number of aromatic nitrogens is 3. The maximum atomic E-state index is 11.9. The number of likely N-dealkylation sites (N-methyl/N-ethyl adjacent to an activating group) is 1. The maximum absolute atomic E-state index is 11.9. The number of aliphatic hydroxyl groups excluding tert-OH is 1. The molecule has 0 spiro atoms. The number of pyridine rings is 1. The van der Waals surface area contributed by atoms with Gasteiger partial charge in [0.15, 0.2) is 11.3 Å². The van der Waals surface area contributed by atoms with Crippen molar-refractivity contribution in [1.29, 1.82) is 0 Å². The fourth-order valence-electron chi connectivity index (χ4n) is 3.37. The van der Waals surface area contributed by atoms with Gasteiger partial charge in [0, 0.05) is 25.7 Å². The minimum atomic E-state index is -1.07. The van der Waals surface area contributed by atoms with Crippen LogP contribution in [0.5, 0.6) is 0 Å². The molecule has 8 heteroatoms. The summed E-state index contributed by atoms with van der Waals surface area (Å²) in [4.78, 5) is 29.4. The Morgan fingerprint density at radius 2 is 2.12 bits per heavy atom. The van der Waals surface area contributed by atoms with Crippen LogP contribution in [-0.2, 0) is 4.79 Å². The van der Waals surface area contributed by atoms with Gasteiger partial charge in [-0.15, -0.1) is 0 Å². The first kappa shape index (κ1) is 16.2. The van der Waals surface area contributed by atoms with Crippen molar-refractivity contribution >= 4 is 22.8 Å². The summed E-state index contributed by atoms with van der Waals surface area (Å²) in [7, 11) is 1.67. The third kappa shape index (κ3) is 2.42. The Morgan fingerprint density at radius 3 is 2.81 bits per heavy atom. The van der Waals surface area contributed by atoms with Crippen molar-refractivity contribution in [3.05, 3.63) is 53.9 Å². The molecule has 1 aromatic carbocycles. The van der Waals surface area contributed by atoms with Crippen molar-refractivity contribution in [1.82, 2.24) is 19.7 Å². The van der Waals surface area contributed by atoms with Gasteiger partial charge in [-0.1, -0.05) is 12.1 Å². The highest BCUT2D eigenvalue weighted by molar-refractivity contribution is 6.03. The Kier molecular flexibility index (Phi) is 3.69. The number of primary amides is 1. The third-order valence-electron chi connectivity index (χ3n) is 4.70. The summed E-state index contributed by atoms with van der Waals surface area (Å²) >= 11 is 0. The number of hydrogen-bond donors (Lipinski definition) is 2. The number of likely N-dealkylation sites (tertiary alicyclic amines) is 1. The molecule has 3 aromatic rings. The van der Waals surface area contributed by atoms with Gasteiger partial charge in [0.1, 0.15) is 6.10 Å². The standard InChI is InChI=1S/C18H17N5O3/c1-22-9-13(15(24)18(22)26)10-4-2-5-11(8-10)23-17-12(6-3-7-20-17)14(21-23)16(19)25/h2-8,13,15,24H,9H2,1H3,(H2,19,25). The third-order valence-corrected chi connectivity index (χ3v) is 4.70. The van der Waals surface area contributed by atoms with Crippen molar-refractivity contribution in [3.8, 4) is 5.69 Å². The van der Waals surface area contributed by atoms with Crippen LogP contribution in [-0.4, -0.2) is 56.3 Å². The fraction of sp³-hybridized carbons (Fsp3) is 0.222. The van der Waals surface area contributed by atoms with Crippen molar-refractivity contribution in [3.63, 3.8) is 0 Å². The topological polar surface area (TPSA) is 114 Å². The van der Waals surface area contributed by atoms with Crippen LogP contribution >= 0.6 is 0 Å². The molecule has 2 unspecified atom stereocenters. The zero-order valence-electron chi connectivity index (χ0n) is 14.0.